The van der Waals surface area contributed by atoms with Gasteiger partial charge in [-0.15, -0.1) is 0 Å². The van der Waals surface area contributed by atoms with Crippen molar-refractivity contribution in [2.24, 2.45) is 11.8 Å². The van der Waals surface area contributed by atoms with Gasteiger partial charge in [0.1, 0.15) is 6.17 Å². The van der Waals surface area contributed by atoms with Gasteiger partial charge in [-0.2, -0.15) is 0 Å². The summed E-state index contributed by atoms with van der Waals surface area (Å²) < 4.78 is 12.6. The van der Waals surface area contributed by atoms with Gasteiger partial charge in [0.25, 0.3) is 0 Å². The van der Waals surface area contributed by atoms with E-state index in [0.717, 1.165) is 25.2 Å². The summed E-state index contributed by atoms with van der Waals surface area (Å²) in [6, 6.07) is 0. The van der Waals surface area contributed by atoms with E-state index in [4.69, 9.17) is 0 Å². The van der Waals surface area contributed by atoms with Crippen LogP contribution in [0.15, 0.2) is 0 Å². The highest BCUT2D eigenvalue weighted by Gasteiger charge is 2.23. The molecule has 1 rings (SSSR count). The molecule has 0 aromatic heterocycles. The van der Waals surface area contributed by atoms with Crippen LogP contribution in [0.4, 0.5) is 4.39 Å². The van der Waals surface area contributed by atoms with Crippen LogP contribution in [0.2, 0.25) is 0 Å². The first-order chi connectivity index (χ1) is 4.20. The molecule has 0 spiro atoms. The zero-order valence-electron chi connectivity index (χ0n) is 6.23. The van der Waals surface area contributed by atoms with E-state index in [1.807, 2.05) is 0 Å². The second-order valence-electron chi connectivity index (χ2n) is 3.36. The number of hydrogen-bond donors (Lipinski definition) is 0. The molecule has 1 aliphatic carbocycles. The molecule has 9 heavy (non-hydrogen) atoms. The van der Waals surface area contributed by atoms with Gasteiger partial charge in [0.05, 0.1) is 0 Å². The minimum atomic E-state index is -0.504. The third kappa shape index (κ3) is 1.67. The Morgan fingerprint density at radius 1 is 1.11 bits per heavy atom. The highest BCUT2D eigenvalue weighted by Crippen LogP contribution is 2.30. The summed E-state index contributed by atoms with van der Waals surface area (Å²) in [5.41, 5.74) is 0. The van der Waals surface area contributed by atoms with Crippen LogP contribution in [-0.2, 0) is 0 Å². The molecule has 0 aromatic carbocycles. The Kier molecular flexibility index (Phi) is 2.09. The van der Waals surface area contributed by atoms with E-state index in [9.17, 15) is 4.39 Å². The van der Waals surface area contributed by atoms with Crippen molar-refractivity contribution in [3.05, 3.63) is 0 Å². The van der Waals surface area contributed by atoms with Crippen LogP contribution in [0.25, 0.3) is 0 Å². The molecule has 1 saturated carbocycles. The molecule has 0 saturated heterocycles. The first-order valence-electron chi connectivity index (χ1n) is 3.84. The summed E-state index contributed by atoms with van der Waals surface area (Å²) in [5.74, 6) is 1.35. The predicted octanol–water partition coefficient (Wildman–Crippen LogP) is 2.78. The van der Waals surface area contributed by atoms with Crippen LogP contribution < -0.4 is 0 Å². The molecule has 0 radical (unpaired) electrons. The quantitative estimate of drug-likeness (QED) is 0.473. The van der Waals surface area contributed by atoms with Gasteiger partial charge in [-0.25, -0.2) is 4.39 Å². The van der Waals surface area contributed by atoms with Gasteiger partial charge in [-0.1, -0.05) is 13.8 Å². The van der Waals surface area contributed by atoms with Crippen LogP contribution in [0.3, 0.4) is 0 Å². The first kappa shape index (κ1) is 7.04. The molecular weight excluding hydrogens is 115 g/mol. The normalized spacial score (nSPS) is 45.0. The van der Waals surface area contributed by atoms with Crippen molar-refractivity contribution in [3.63, 3.8) is 0 Å². The topological polar surface area (TPSA) is 0 Å². The summed E-state index contributed by atoms with van der Waals surface area (Å²) in [5, 5.41) is 0. The Morgan fingerprint density at radius 2 is 1.78 bits per heavy atom. The molecule has 0 N–H and O–H groups in total. The largest absolute Gasteiger partial charge is 0.247 e. The first-order valence-corrected chi connectivity index (χ1v) is 3.84. The van der Waals surface area contributed by atoms with Gasteiger partial charge < -0.3 is 0 Å². The van der Waals surface area contributed by atoms with E-state index in [1.54, 1.807) is 0 Å². The molecular formula is C8H15F. The fourth-order valence-electron chi connectivity index (χ4n) is 1.48. The molecule has 3 atom stereocenters. The molecule has 1 aliphatic rings. The molecule has 0 amide bonds. The molecule has 0 bridgehead atoms. The Morgan fingerprint density at radius 3 is 2.22 bits per heavy atom. The molecule has 0 unspecified atom stereocenters. The van der Waals surface area contributed by atoms with Gasteiger partial charge in [0, 0.05) is 0 Å². The van der Waals surface area contributed by atoms with Crippen molar-refractivity contribution < 1.29 is 4.39 Å². The van der Waals surface area contributed by atoms with Gasteiger partial charge in [-0.3, -0.25) is 0 Å². The SMILES string of the molecule is C[C@@H]1CC[C@H](F)C[C@@H]1C. The Bertz CT molecular complexity index is 90.6. The van der Waals surface area contributed by atoms with E-state index in [2.05, 4.69) is 13.8 Å². The Balaban J connectivity index is 2.35. The highest BCUT2D eigenvalue weighted by atomic mass is 19.1. The van der Waals surface area contributed by atoms with Crippen molar-refractivity contribution >= 4 is 0 Å². The average Bonchev–Trinajstić information content (AvgIpc) is 1.80. The Labute approximate surface area is 56.5 Å². The Hall–Kier alpha value is -0.0700. The zero-order chi connectivity index (χ0) is 6.85. The molecule has 0 heterocycles. The van der Waals surface area contributed by atoms with Crippen molar-refractivity contribution in [2.45, 2.75) is 39.3 Å². The third-order valence-electron chi connectivity index (χ3n) is 2.53. The van der Waals surface area contributed by atoms with Gasteiger partial charge in [-0.05, 0) is 31.1 Å². The van der Waals surface area contributed by atoms with Crippen LogP contribution >= 0.6 is 0 Å². The average molecular weight is 130 g/mol. The van der Waals surface area contributed by atoms with Gasteiger partial charge >= 0.3 is 0 Å². The number of alkyl halides is 1. The summed E-state index contributed by atoms with van der Waals surface area (Å²) in [6.45, 7) is 4.37. The summed E-state index contributed by atoms with van der Waals surface area (Å²) in [4.78, 5) is 0. The van der Waals surface area contributed by atoms with Crippen LogP contribution in [0, 0.1) is 11.8 Å². The van der Waals surface area contributed by atoms with Crippen molar-refractivity contribution in [1.82, 2.24) is 0 Å². The molecule has 0 aliphatic heterocycles. The summed E-state index contributed by atoms with van der Waals surface area (Å²) in [7, 11) is 0. The van der Waals surface area contributed by atoms with E-state index < -0.39 is 6.17 Å². The maximum absolute atomic E-state index is 12.6. The second kappa shape index (κ2) is 2.68. The van der Waals surface area contributed by atoms with E-state index >= 15 is 0 Å². The number of rotatable bonds is 0. The minimum absolute atomic E-state index is 0.504. The van der Waals surface area contributed by atoms with Crippen LogP contribution in [0.1, 0.15) is 33.1 Å². The summed E-state index contributed by atoms with van der Waals surface area (Å²) >= 11 is 0. The van der Waals surface area contributed by atoms with Crippen molar-refractivity contribution in [1.29, 1.82) is 0 Å². The molecule has 0 nitrogen and oxygen atoms in total. The van der Waals surface area contributed by atoms with E-state index in [1.165, 1.54) is 0 Å². The smallest absolute Gasteiger partial charge is 0.100 e. The lowest BCUT2D eigenvalue weighted by atomic mass is 9.81. The van der Waals surface area contributed by atoms with Crippen molar-refractivity contribution in [3.8, 4) is 0 Å². The van der Waals surface area contributed by atoms with Crippen LogP contribution in [0.5, 0.6) is 0 Å². The maximum atomic E-state index is 12.6. The lowest BCUT2D eigenvalue weighted by molar-refractivity contribution is 0.161. The zero-order valence-corrected chi connectivity index (χ0v) is 6.23. The van der Waals surface area contributed by atoms with Gasteiger partial charge in [0.15, 0.2) is 0 Å². The second-order valence-corrected chi connectivity index (χ2v) is 3.36. The lowest BCUT2D eigenvalue weighted by Gasteiger charge is -2.27. The summed E-state index contributed by atoms with van der Waals surface area (Å²) in [6.07, 6.45) is 2.17. The highest BCUT2D eigenvalue weighted by molar-refractivity contribution is 4.74. The standard InChI is InChI=1S/C8H15F/c1-6-3-4-8(9)5-7(6)2/h6-8H,3-5H2,1-2H3/t6-,7+,8+/m1/s1. The van der Waals surface area contributed by atoms with Crippen molar-refractivity contribution in [2.75, 3.05) is 0 Å². The monoisotopic (exact) mass is 130 g/mol. The van der Waals surface area contributed by atoms with Crippen LogP contribution in [-0.4, -0.2) is 6.17 Å². The predicted molar refractivity (Wildman–Crippen MR) is 37.1 cm³/mol. The van der Waals surface area contributed by atoms with E-state index in [0.29, 0.717) is 5.92 Å². The van der Waals surface area contributed by atoms with E-state index in [-0.39, 0.29) is 0 Å². The molecule has 0 aromatic rings. The number of halogens is 1. The fourth-order valence-corrected chi connectivity index (χ4v) is 1.48. The maximum Gasteiger partial charge on any atom is 0.100 e. The minimum Gasteiger partial charge on any atom is -0.247 e. The molecule has 54 valence electrons. The third-order valence-corrected chi connectivity index (χ3v) is 2.53. The van der Waals surface area contributed by atoms with Gasteiger partial charge in [0.2, 0.25) is 0 Å². The molecule has 1 fully saturated rings. The fraction of sp³-hybridized carbons (Fsp3) is 1.00. The lowest BCUT2D eigenvalue weighted by Crippen LogP contribution is -2.21. The number of hydrogen-bond acceptors (Lipinski definition) is 0. The molecule has 1 heteroatoms.